The second kappa shape index (κ2) is 10.6. The van der Waals surface area contributed by atoms with E-state index in [2.05, 4.69) is 15.3 Å². The number of ether oxygens (including phenoxy) is 1. The van der Waals surface area contributed by atoms with Crippen LogP contribution >= 0.6 is 0 Å². The Morgan fingerprint density at radius 1 is 1.06 bits per heavy atom. The average molecular weight is 446 g/mol. The van der Waals surface area contributed by atoms with Crippen molar-refractivity contribution in [1.82, 2.24) is 14.9 Å². The summed E-state index contributed by atoms with van der Waals surface area (Å²) in [5, 5.41) is 3.47. The molecular formula is C25H27N5O3. The van der Waals surface area contributed by atoms with E-state index in [-0.39, 0.29) is 24.4 Å². The van der Waals surface area contributed by atoms with E-state index in [0.29, 0.717) is 30.2 Å². The molecule has 2 amide bonds. The van der Waals surface area contributed by atoms with Gasteiger partial charge in [0.2, 0.25) is 5.91 Å². The van der Waals surface area contributed by atoms with E-state index in [4.69, 9.17) is 4.74 Å². The lowest BCUT2D eigenvalue weighted by molar-refractivity contribution is -0.130. The SMILES string of the molecule is COc1ccc(C(=O)N(CC(=O)N2CCC(Nc3cccnc3)CC2)c2ccccn2)cc1. The third kappa shape index (κ3) is 5.65. The topological polar surface area (TPSA) is 87.7 Å². The summed E-state index contributed by atoms with van der Waals surface area (Å²) in [6, 6.07) is 16.3. The van der Waals surface area contributed by atoms with Gasteiger partial charge in [-0.1, -0.05) is 6.07 Å². The van der Waals surface area contributed by atoms with Gasteiger partial charge in [0.05, 0.1) is 12.8 Å². The lowest BCUT2D eigenvalue weighted by Gasteiger charge is -2.34. The third-order valence-corrected chi connectivity index (χ3v) is 5.68. The molecule has 3 heterocycles. The minimum atomic E-state index is -0.280. The number of hydrogen-bond acceptors (Lipinski definition) is 6. The number of piperidine rings is 1. The molecule has 170 valence electrons. The van der Waals surface area contributed by atoms with Crippen LogP contribution in [-0.2, 0) is 4.79 Å². The van der Waals surface area contributed by atoms with E-state index >= 15 is 0 Å². The Kier molecular flexibility index (Phi) is 7.14. The highest BCUT2D eigenvalue weighted by atomic mass is 16.5. The van der Waals surface area contributed by atoms with E-state index in [1.807, 2.05) is 17.0 Å². The molecule has 0 radical (unpaired) electrons. The zero-order valence-electron chi connectivity index (χ0n) is 18.6. The Morgan fingerprint density at radius 2 is 1.85 bits per heavy atom. The Bertz CT molecular complexity index is 1050. The molecule has 0 atom stereocenters. The Morgan fingerprint density at radius 3 is 2.48 bits per heavy atom. The number of rotatable bonds is 7. The Balaban J connectivity index is 1.42. The van der Waals surface area contributed by atoms with Crippen LogP contribution < -0.4 is 15.0 Å². The molecular weight excluding hydrogens is 418 g/mol. The van der Waals surface area contributed by atoms with Crippen molar-refractivity contribution in [2.75, 3.05) is 37.0 Å². The van der Waals surface area contributed by atoms with Crippen LogP contribution in [0.1, 0.15) is 23.2 Å². The fraction of sp³-hybridized carbons (Fsp3) is 0.280. The normalized spacial score (nSPS) is 13.9. The largest absolute Gasteiger partial charge is 0.497 e. The molecule has 2 aromatic heterocycles. The summed E-state index contributed by atoms with van der Waals surface area (Å²) in [6.07, 6.45) is 6.82. The number of amides is 2. The number of anilines is 2. The molecule has 0 bridgehead atoms. The number of aromatic nitrogens is 2. The first kappa shape index (κ1) is 22.3. The minimum absolute atomic E-state index is 0.0669. The number of likely N-dealkylation sites (tertiary alicyclic amines) is 1. The molecule has 3 aromatic rings. The first-order valence-corrected chi connectivity index (χ1v) is 11.0. The molecule has 0 saturated carbocycles. The summed E-state index contributed by atoms with van der Waals surface area (Å²) in [7, 11) is 1.57. The van der Waals surface area contributed by atoms with Crippen LogP contribution in [0.5, 0.6) is 5.75 Å². The summed E-state index contributed by atoms with van der Waals surface area (Å²) >= 11 is 0. The maximum absolute atomic E-state index is 13.3. The first-order valence-electron chi connectivity index (χ1n) is 11.0. The van der Waals surface area contributed by atoms with Crippen molar-refractivity contribution >= 4 is 23.3 Å². The van der Waals surface area contributed by atoms with Crippen LogP contribution in [0.2, 0.25) is 0 Å². The van der Waals surface area contributed by atoms with Crippen LogP contribution in [0.3, 0.4) is 0 Å². The standard InChI is InChI=1S/C25H27N5O3/c1-33-22-9-7-19(8-10-22)25(32)30(23-6-2-3-14-27-23)18-24(31)29-15-11-20(12-16-29)28-21-5-4-13-26-17-21/h2-10,13-14,17,20,28H,11-12,15-16,18H2,1H3. The van der Waals surface area contributed by atoms with E-state index < -0.39 is 0 Å². The number of methoxy groups -OCH3 is 1. The smallest absolute Gasteiger partial charge is 0.259 e. The van der Waals surface area contributed by atoms with Gasteiger partial charge >= 0.3 is 0 Å². The maximum atomic E-state index is 13.3. The van der Waals surface area contributed by atoms with E-state index in [1.54, 1.807) is 68.2 Å². The summed E-state index contributed by atoms with van der Waals surface area (Å²) in [6.45, 7) is 1.19. The fourth-order valence-electron chi connectivity index (χ4n) is 3.85. The maximum Gasteiger partial charge on any atom is 0.259 e. The zero-order chi connectivity index (χ0) is 23.0. The molecule has 0 unspecified atom stereocenters. The van der Waals surface area contributed by atoms with E-state index in [1.165, 1.54) is 4.90 Å². The van der Waals surface area contributed by atoms with Crippen molar-refractivity contribution in [1.29, 1.82) is 0 Å². The van der Waals surface area contributed by atoms with Crippen molar-refractivity contribution in [3.05, 3.63) is 78.8 Å². The molecule has 33 heavy (non-hydrogen) atoms. The summed E-state index contributed by atoms with van der Waals surface area (Å²) in [5.74, 6) is 0.731. The number of carbonyl (C=O) groups is 2. The molecule has 8 heteroatoms. The van der Waals surface area contributed by atoms with E-state index in [9.17, 15) is 9.59 Å². The average Bonchev–Trinajstić information content (AvgIpc) is 2.88. The second-order valence-corrected chi connectivity index (χ2v) is 7.85. The first-order chi connectivity index (χ1) is 16.1. The van der Waals surface area contributed by atoms with Crippen LogP contribution in [-0.4, -0.2) is 59.5 Å². The van der Waals surface area contributed by atoms with Crippen molar-refractivity contribution in [2.24, 2.45) is 0 Å². The van der Waals surface area contributed by atoms with Gasteiger partial charge in [-0.2, -0.15) is 0 Å². The number of hydrogen-bond donors (Lipinski definition) is 1. The summed E-state index contributed by atoms with van der Waals surface area (Å²) in [5.41, 5.74) is 1.45. The highest BCUT2D eigenvalue weighted by molar-refractivity contribution is 6.08. The quantitative estimate of drug-likeness (QED) is 0.601. The van der Waals surface area contributed by atoms with E-state index in [0.717, 1.165) is 18.5 Å². The van der Waals surface area contributed by atoms with Crippen LogP contribution in [0.25, 0.3) is 0 Å². The third-order valence-electron chi connectivity index (χ3n) is 5.68. The van der Waals surface area contributed by atoms with Gasteiger partial charge in [0.25, 0.3) is 5.91 Å². The number of nitrogens with one attached hydrogen (secondary N) is 1. The zero-order valence-corrected chi connectivity index (χ0v) is 18.6. The van der Waals surface area contributed by atoms with Gasteiger partial charge in [-0.05, 0) is 61.4 Å². The molecule has 8 nitrogen and oxygen atoms in total. The fourth-order valence-corrected chi connectivity index (χ4v) is 3.85. The summed E-state index contributed by atoms with van der Waals surface area (Å²) in [4.78, 5) is 38.1. The predicted octanol–water partition coefficient (Wildman–Crippen LogP) is 3.24. The van der Waals surface area contributed by atoms with Gasteiger partial charge in [0.1, 0.15) is 18.1 Å². The summed E-state index contributed by atoms with van der Waals surface area (Å²) < 4.78 is 5.18. The van der Waals surface area contributed by atoms with Gasteiger partial charge < -0.3 is 15.0 Å². The molecule has 1 aromatic carbocycles. The van der Waals surface area contributed by atoms with Crippen molar-refractivity contribution in [2.45, 2.75) is 18.9 Å². The second-order valence-electron chi connectivity index (χ2n) is 7.85. The van der Waals surface area contributed by atoms with Crippen molar-refractivity contribution < 1.29 is 14.3 Å². The Labute approximate surface area is 193 Å². The highest BCUT2D eigenvalue weighted by Gasteiger charge is 2.27. The van der Waals surface area contributed by atoms with Gasteiger partial charge in [0, 0.05) is 43.3 Å². The molecule has 0 spiro atoms. The van der Waals surface area contributed by atoms with Crippen LogP contribution in [0.15, 0.2) is 73.2 Å². The molecule has 1 fully saturated rings. The van der Waals surface area contributed by atoms with Crippen molar-refractivity contribution in [3.8, 4) is 5.75 Å². The van der Waals surface area contributed by atoms with Gasteiger partial charge in [-0.3, -0.25) is 19.5 Å². The molecule has 4 rings (SSSR count). The Hall–Kier alpha value is -3.94. The lowest BCUT2D eigenvalue weighted by atomic mass is 10.0. The van der Waals surface area contributed by atoms with Crippen LogP contribution in [0, 0.1) is 0 Å². The van der Waals surface area contributed by atoms with Gasteiger partial charge in [0.15, 0.2) is 0 Å². The molecule has 1 N–H and O–H groups in total. The molecule has 0 aliphatic carbocycles. The van der Waals surface area contributed by atoms with Crippen LogP contribution in [0.4, 0.5) is 11.5 Å². The number of benzene rings is 1. The highest BCUT2D eigenvalue weighted by Crippen LogP contribution is 2.19. The number of nitrogens with zero attached hydrogens (tertiary/aromatic N) is 4. The minimum Gasteiger partial charge on any atom is -0.497 e. The monoisotopic (exact) mass is 445 g/mol. The predicted molar refractivity (Wildman–Crippen MR) is 126 cm³/mol. The van der Waals surface area contributed by atoms with Gasteiger partial charge in [-0.15, -0.1) is 0 Å². The molecule has 1 aliphatic heterocycles. The number of carbonyl (C=O) groups excluding carboxylic acids is 2. The van der Waals surface area contributed by atoms with Gasteiger partial charge in [-0.25, -0.2) is 4.98 Å². The molecule has 1 aliphatic rings. The lowest BCUT2D eigenvalue weighted by Crippen LogP contribution is -2.48. The molecule has 1 saturated heterocycles. The van der Waals surface area contributed by atoms with Crippen molar-refractivity contribution in [3.63, 3.8) is 0 Å². The number of pyridine rings is 2.